The molecular weight excluding hydrogens is 413 g/mol. The second kappa shape index (κ2) is 8.60. The maximum atomic E-state index is 13.3. The fourth-order valence-corrected chi connectivity index (χ4v) is 3.97. The molecule has 1 aromatic carbocycles. The van der Waals surface area contributed by atoms with E-state index in [0.29, 0.717) is 37.3 Å². The van der Waals surface area contributed by atoms with Crippen molar-refractivity contribution in [2.75, 3.05) is 44.2 Å². The summed E-state index contributed by atoms with van der Waals surface area (Å²) >= 11 is 0. The molecule has 2 aromatic rings. The van der Waals surface area contributed by atoms with Crippen LogP contribution in [-0.4, -0.2) is 66.2 Å². The van der Waals surface area contributed by atoms with Crippen molar-refractivity contribution in [2.45, 2.75) is 25.4 Å². The number of anilines is 1. The Kier molecular flexibility index (Phi) is 5.88. The molecule has 2 fully saturated rings. The predicted molar refractivity (Wildman–Crippen MR) is 108 cm³/mol. The molecule has 0 bridgehead atoms. The van der Waals surface area contributed by atoms with Crippen molar-refractivity contribution in [3.63, 3.8) is 0 Å². The minimum Gasteiger partial charge on any atom is -0.367 e. The van der Waals surface area contributed by atoms with Gasteiger partial charge in [0.25, 0.3) is 0 Å². The fraction of sp³-hybridized carbons (Fsp3) is 0.476. The molecule has 0 N–H and O–H groups in total. The second-order valence-electron chi connectivity index (χ2n) is 7.70. The number of para-hydroxylation sites is 1. The molecule has 1 aromatic heterocycles. The second-order valence-corrected chi connectivity index (χ2v) is 7.70. The van der Waals surface area contributed by atoms with E-state index >= 15 is 0 Å². The molecule has 2 aliphatic rings. The van der Waals surface area contributed by atoms with Gasteiger partial charge in [0.15, 0.2) is 0 Å². The monoisotopic (exact) mass is 436 g/mol. The number of amides is 2. The van der Waals surface area contributed by atoms with Gasteiger partial charge in [0.2, 0.25) is 0 Å². The maximum absolute atomic E-state index is 13.3. The number of pyridine rings is 1. The van der Waals surface area contributed by atoms with Crippen LogP contribution in [0.15, 0.2) is 30.3 Å². The first-order chi connectivity index (χ1) is 14.8. The van der Waals surface area contributed by atoms with E-state index in [1.165, 1.54) is 9.80 Å². The number of halogens is 3. The summed E-state index contributed by atoms with van der Waals surface area (Å²) in [5, 5.41) is 0.617. The third-order valence-electron chi connectivity index (χ3n) is 5.65. The molecule has 10 heteroatoms. The first-order valence-corrected chi connectivity index (χ1v) is 10.3. The molecule has 2 aliphatic heterocycles. The van der Waals surface area contributed by atoms with E-state index in [4.69, 9.17) is 4.74 Å². The lowest BCUT2D eigenvalue weighted by molar-refractivity contribution is -0.140. The SMILES string of the molecule is O=C(OC(=O)N1CCN(c2cc(C(F)(F)F)nc3ccccc23)CC1)N1CCCCC1. The Bertz CT molecular complexity index is 968. The van der Waals surface area contributed by atoms with Gasteiger partial charge in [-0.1, -0.05) is 18.2 Å². The van der Waals surface area contributed by atoms with Crippen molar-refractivity contribution < 1.29 is 27.5 Å². The quantitative estimate of drug-likeness (QED) is 0.630. The number of rotatable bonds is 1. The van der Waals surface area contributed by atoms with E-state index < -0.39 is 24.1 Å². The number of piperazine rings is 1. The van der Waals surface area contributed by atoms with Gasteiger partial charge in [0, 0.05) is 50.3 Å². The van der Waals surface area contributed by atoms with E-state index in [0.717, 1.165) is 25.3 Å². The maximum Gasteiger partial charge on any atom is 0.433 e. The summed E-state index contributed by atoms with van der Waals surface area (Å²) in [5.41, 5.74) is -0.258. The number of hydrogen-bond acceptors (Lipinski definition) is 5. The van der Waals surface area contributed by atoms with Crippen LogP contribution in [0.2, 0.25) is 0 Å². The Morgan fingerprint density at radius 1 is 0.871 bits per heavy atom. The Morgan fingerprint density at radius 2 is 1.48 bits per heavy atom. The van der Waals surface area contributed by atoms with Crippen LogP contribution < -0.4 is 4.90 Å². The predicted octanol–water partition coefficient (Wildman–Crippen LogP) is 4.12. The highest BCUT2D eigenvalue weighted by atomic mass is 19.4. The van der Waals surface area contributed by atoms with Gasteiger partial charge >= 0.3 is 18.4 Å². The van der Waals surface area contributed by atoms with Crippen molar-refractivity contribution >= 4 is 28.8 Å². The third kappa shape index (κ3) is 4.67. The average molecular weight is 436 g/mol. The van der Waals surface area contributed by atoms with Crippen molar-refractivity contribution in [1.29, 1.82) is 0 Å². The van der Waals surface area contributed by atoms with Crippen LogP contribution in [0.25, 0.3) is 10.9 Å². The topological polar surface area (TPSA) is 66.0 Å². The molecular formula is C21H23F3N4O3. The smallest absolute Gasteiger partial charge is 0.367 e. The first-order valence-electron chi connectivity index (χ1n) is 10.3. The van der Waals surface area contributed by atoms with Crippen molar-refractivity contribution in [3.05, 3.63) is 36.0 Å². The van der Waals surface area contributed by atoms with Crippen LogP contribution in [0.5, 0.6) is 0 Å². The molecule has 31 heavy (non-hydrogen) atoms. The minimum absolute atomic E-state index is 0.240. The average Bonchev–Trinajstić information content (AvgIpc) is 2.78. The molecule has 0 radical (unpaired) electrons. The number of alkyl halides is 3. The number of carbonyl (C=O) groups excluding carboxylic acids is 2. The Morgan fingerprint density at radius 3 is 2.13 bits per heavy atom. The first kappa shape index (κ1) is 21.2. The van der Waals surface area contributed by atoms with Gasteiger partial charge in [-0.15, -0.1) is 0 Å². The standard InChI is InChI=1S/C21H23F3N4O3/c22-21(23,24)18-14-17(15-6-2-3-7-16(15)25-18)26-10-12-28(13-11-26)20(30)31-19(29)27-8-4-1-5-9-27/h2-3,6-7,14H,1,4-5,8-13H2. The Balaban J connectivity index is 1.44. The largest absolute Gasteiger partial charge is 0.433 e. The zero-order valence-corrected chi connectivity index (χ0v) is 16.9. The van der Waals surface area contributed by atoms with Crippen LogP contribution in [0.4, 0.5) is 28.4 Å². The van der Waals surface area contributed by atoms with Gasteiger partial charge in [-0.25, -0.2) is 14.6 Å². The summed E-state index contributed by atoms with van der Waals surface area (Å²) in [6.45, 7) is 2.28. The minimum atomic E-state index is -4.56. The number of nitrogens with zero attached hydrogens (tertiary/aromatic N) is 4. The summed E-state index contributed by atoms with van der Waals surface area (Å²) < 4.78 is 45.0. The molecule has 0 spiro atoms. The zero-order chi connectivity index (χ0) is 22.0. The van der Waals surface area contributed by atoms with Gasteiger partial charge in [0.05, 0.1) is 5.52 Å². The highest BCUT2D eigenvalue weighted by molar-refractivity contribution is 5.92. The van der Waals surface area contributed by atoms with E-state index in [9.17, 15) is 22.8 Å². The summed E-state index contributed by atoms with van der Waals surface area (Å²) in [7, 11) is 0. The number of benzene rings is 1. The van der Waals surface area contributed by atoms with Crippen molar-refractivity contribution in [1.82, 2.24) is 14.8 Å². The lowest BCUT2D eigenvalue weighted by Crippen LogP contribution is -2.50. The summed E-state index contributed by atoms with van der Waals surface area (Å²) in [6.07, 6.45) is -3.07. The molecule has 0 unspecified atom stereocenters. The summed E-state index contributed by atoms with van der Waals surface area (Å²) in [4.78, 5) is 33.0. The van der Waals surface area contributed by atoms with Gasteiger partial charge in [-0.05, 0) is 31.4 Å². The zero-order valence-electron chi connectivity index (χ0n) is 16.9. The number of hydrogen-bond donors (Lipinski definition) is 0. The number of aromatic nitrogens is 1. The number of fused-ring (bicyclic) bond motifs is 1. The molecule has 3 heterocycles. The van der Waals surface area contributed by atoms with Crippen LogP contribution in [0.3, 0.4) is 0 Å². The normalized spacial score (nSPS) is 17.7. The Labute approximate surface area is 177 Å². The Hall–Kier alpha value is -3.04. The fourth-order valence-electron chi connectivity index (χ4n) is 3.97. The molecule has 166 valence electrons. The van der Waals surface area contributed by atoms with E-state index in [-0.39, 0.29) is 18.6 Å². The van der Waals surface area contributed by atoms with Crippen molar-refractivity contribution in [2.24, 2.45) is 0 Å². The highest BCUT2D eigenvalue weighted by Gasteiger charge is 2.34. The molecule has 7 nitrogen and oxygen atoms in total. The third-order valence-corrected chi connectivity index (χ3v) is 5.65. The van der Waals surface area contributed by atoms with Gasteiger partial charge in [-0.3, -0.25) is 0 Å². The molecule has 4 rings (SSSR count). The number of ether oxygens (including phenoxy) is 1. The van der Waals surface area contributed by atoms with E-state index in [2.05, 4.69) is 4.98 Å². The van der Waals surface area contributed by atoms with Gasteiger partial charge in [0.1, 0.15) is 5.69 Å². The van der Waals surface area contributed by atoms with Crippen LogP contribution in [-0.2, 0) is 10.9 Å². The number of likely N-dealkylation sites (tertiary alicyclic amines) is 1. The number of piperidine rings is 1. The van der Waals surface area contributed by atoms with E-state index in [1.807, 2.05) is 0 Å². The van der Waals surface area contributed by atoms with Gasteiger partial charge in [-0.2, -0.15) is 13.2 Å². The lowest BCUT2D eigenvalue weighted by Gasteiger charge is -2.36. The molecule has 0 saturated carbocycles. The molecule has 2 amide bonds. The van der Waals surface area contributed by atoms with Crippen LogP contribution in [0, 0.1) is 0 Å². The van der Waals surface area contributed by atoms with Crippen LogP contribution in [0.1, 0.15) is 25.0 Å². The molecule has 0 atom stereocenters. The summed E-state index contributed by atoms with van der Waals surface area (Å²) in [5.74, 6) is 0. The van der Waals surface area contributed by atoms with E-state index in [1.54, 1.807) is 29.2 Å². The molecule has 0 aliphatic carbocycles. The highest BCUT2D eigenvalue weighted by Crippen LogP contribution is 2.35. The van der Waals surface area contributed by atoms with Gasteiger partial charge < -0.3 is 19.4 Å². The summed E-state index contributed by atoms with van der Waals surface area (Å²) in [6, 6.07) is 7.73. The lowest BCUT2D eigenvalue weighted by atomic mass is 10.1. The van der Waals surface area contributed by atoms with Crippen molar-refractivity contribution in [3.8, 4) is 0 Å². The number of carbonyl (C=O) groups is 2. The van der Waals surface area contributed by atoms with Crippen LogP contribution >= 0.6 is 0 Å². The molecule has 2 saturated heterocycles.